The number of rotatable bonds is 6. The molecule has 0 aliphatic heterocycles. The van der Waals surface area contributed by atoms with Gasteiger partial charge in [-0.25, -0.2) is 0 Å². The summed E-state index contributed by atoms with van der Waals surface area (Å²) in [5, 5.41) is 4.31. The molecule has 128 valence electrons. The first-order chi connectivity index (χ1) is 12.1. The van der Waals surface area contributed by atoms with Crippen molar-refractivity contribution in [3.63, 3.8) is 0 Å². The third-order valence-electron chi connectivity index (χ3n) is 4.01. The van der Waals surface area contributed by atoms with Gasteiger partial charge in [0.05, 0.1) is 5.02 Å². The summed E-state index contributed by atoms with van der Waals surface area (Å²) in [6.07, 6.45) is 1.67. The third-order valence-corrected chi connectivity index (χ3v) is 4.34. The van der Waals surface area contributed by atoms with Gasteiger partial charge in [0.25, 0.3) is 5.91 Å². The molecule has 4 nitrogen and oxygen atoms in total. The second kappa shape index (κ2) is 7.99. The summed E-state index contributed by atoms with van der Waals surface area (Å²) >= 11 is 6.16. The van der Waals surface area contributed by atoms with Gasteiger partial charge in [-0.05, 0) is 35.7 Å². The molecule has 1 atom stereocenters. The normalized spacial score (nSPS) is 11.9. The summed E-state index contributed by atoms with van der Waals surface area (Å²) in [5.74, 6) is 0.622. The van der Waals surface area contributed by atoms with Crippen LogP contribution < -0.4 is 10.1 Å². The number of carbonyl (C=O) groups is 1. The number of nitrogens with one attached hydrogen (secondary N) is 1. The van der Waals surface area contributed by atoms with Gasteiger partial charge in [0.2, 0.25) is 0 Å². The Kier molecular flexibility index (Phi) is 5.51. The van der Waals surface area contributed by atoms with Crippen molar-refractivity contribution in [1.29, 1.82) is 0 Å². The van der Waals surface area contributed by atoms with Crippen LogP contribution in [-0.2, 0) is 4.79 Å². The molecule has 25 heavy (non-hydrogen) atoms. The number of halogens is 1. The first-order valence-corrected chi connectivity index (χ1v) is 8.50. The lowest BCUT2D eigenvalue weighted by atomic mass is 10.0. The van der Waals surface area contributed by atoms with Crippen molar-refractivity contribution < 1.29 is 9.53 Å². The van der Waals surface area contributed by atoms with Crippen LogP contribution >= 0.6 is 11.6 Å². The predicted octanol–water partition coefficient (Wildman–Crippen LogP) is 4.19. The topological polar surface area (TPSA) is 51.2 Å². The molecule has 0 aliphatic carbocycles. The molecule has 2 aromatic carbocycles. The first kappa shape index (κ1) is 17.2. The molecule has 3 rings (SSSR count). The molecule has 3 aromatic rings. The van der Waals surface area contributed by atoms with Crippen molar-refractivity contribution in [2.45, 2.75) is 12.8 Å². The average molecular weight is 355 g/mol. The Balaban J connectivity index is 1.57. The number of fused-ring (bicyclic) bond motifs is 1. The van der Waals surface area contributed by atoms with Crippen molar-refractivity contribution >= 4 is 28.4 Å². The maximum absolute atomic E-state index is 12.1. The highest BCUT2D eigenvalue weighted by Crippen LogP contribution is 2.29. The quantitative estimate of drug-likeness (QED) is 0.722. The van der Waals surface area contributed by atoms with Gasteiger partial charge in [0.15, 0.2) is 6.61 Å². The van der Waals surface area contributed by atoms with Crippen LogP contribution in [0.15, 0.2) is 60.8 Å². The molecule has 1 amide bonds. The van der Waals surface area contributed by atoms with Crippen LogP contribution in [0.3, 0.4) is 0 Å². The van der Waals surface area contributed by atoms with Crippen LogP contribution in [-0.4, -0.2) is 24.0 Å². The van der Waals surface area contributed by atoms with E-state index in [1.807, 2.05) is 30.3 Å². The minimum Gasteiger partial charge on any atom is -0.481 e. The highest BCUT2D eigenvalue weighted by Gasteiger charge is 2.11. The summed E-state index contributed by atoms with van der Waals surface area (Å²) in [4.78, 5) is 16.4. The van der Waals surface area contributed by atoms with Crippen LogP contribution in [0.2, 0.25) is 5.02 Å². The molecular weight excluding hydrogens is 336 g/mol. The Labute approximate surface area is 151 Å². The van der Waals surface area contributed by atoms with Gasteiger partial charge < -0.3 is 10.1 Å². The zero-order valence-corrected chi connectivity index (χ0v) is 14.7. The van der Waals surface area contributed by atoms with Crippen molar-refractivity contribution in [3.05, 3.63) is 71.4 Å². The van der Waals surface area contributed by atoms with E-state index in [1.54, 1.807) is 18.3 Å². The molecule has 0 bridgehead atoms. The Morgan fingerprint density at radius 2 is 1.96 bits per heavy atom. The lowest BCUT2D eigenvalue weighted by molar-refractivity contribution is -0.123. The van der Waals surface area contributed by atoms with E-state index in [9.17, 15) is 4.79 Å². The Morgan fingerprint density at radius 1 is 1.16 bits per heavy atom. The Hall–Kier alpha value is -2.59. The van der Waals surface area contributed by atoms with E-state index in [0.717, 1.165) is 5.39 Å². The standard InChI is InChI=1S/C20H19ClN2O2/c1-14(15-6-3-2-4-7-15)12-23-19(24)13-25-18-10-9-17(21)16-8-5-11-22-20(16)18/h2-11,14H,12-13H2,1H3,(H,23,24). The highest BCUT2D eigenvalue weighted by atomic mass is 35.5. The number of amides is 1. The monoisotopic (exact) mass is 354 g/mol. The zero-order chi connectivity index (χ0) is 17.6. The number of pyridine rings is 1. The third kappa shape index (κ3) is 4.28. The van der Waals surface area contributed by atoms with E-state index >= 15 is 0 Å². The number of aromatic nitrogens is 1. The summed E-state index contributed by atoms with van der Waals surface area (Å²) < 4.78 is 5.64. The predicted molar refractivity (Wildman–Crippen MR) is 100 cm³/mol. The molecule has 0 fully saturated rings. The van der Waals surface area contributed by atoms with Gasteiger partial charge in [0, 0.05) is 18.1 Å². The number of benzene rings is 2. The van der Waals surface area contributed by atoms with Gasteiger partial charge in [-0.15, -0.1) is 0 Å². The van der Waals surface area contributed by atoms with Crippen LogP contribution in [0.1, 0.15) is 18.4 Å². The summed E-state index contributed by atoms with van der Waals surface area (Å²) in [7, 11) is 0. The maximum Gasteiger partial charge on any atom is 0.257 e. The molecule has 1 heterocycles. The van der Waals surface area contributed by atoms with E-state index < -0.39 is 0 Å². The summed E-state index contributed by atoms with van der Waals surface area (Å²) in [6, 6.07) is 17.2. The smallest absolute Gasteiger partial charge is 0.257 e. The molecule has 1 N–H and O–H groups in total. The van der Waals surface area contributed by atoms with E-state index in [0.29, 0.717) is 22.8 Å². The largest absolute Gasteiger partial charge is 0.481 e. The number of hydrogen-bond acceptors (Lipinski definition) is 3. The molecule has 1 unspecified atom stereocenters. The van der Waals surface area contributed by atoms with Crippen LogP contribution in [0, 0.1) is 0 Å². The fourth-order valence-electron chi connectivity index (χ4n) is 2.59. The molecule has 5 heteroatoms. The minimum absolute atomic E-state index is 0.0607. The van der Waals surface area contributed by atoms with Crippen molar-refractivity contribution in [3.8, 4) is 5.75 Å². The SMILES string of the molecule is CC(CNC(=O)COc1ccc(Cl)c2cccnc12)c1ccccc1. The van der Waals surface area contributed by atoms with E-state index in [2.05, 4.69) is 29.4 Å². The lowest BCUT2D eigenvalue weighted by Crippen LogP contribution is -2.31. The van der Waals surface area contributed by atoms with Crippen LogP contribution in [0.5, 0.6) is 5.75 Å². The van der Waals surface area contributed by atoms with Gasteiger partial charge in [-0.3, -0.25) is 9.78 Å². The maximum atomic E-state index is 12.1. The van der Waals surface area contributed by atoms with E-state index in [1.165, 1.54) is 5.56 Å². The van der Waals surface area contributed by atoms with E-state index in [-0.39, 0.29) is 18.4 Å². The van der Waals surface area contributed by atoms with Crippen molar-refractivity contribution in [2.24, 2.45) is 0 Å². The van der Waals surface area contributed by atoms with Gasteiger partial charge >= 0.3 is 0 Å². The molecule has 0 saturated heterocycles. The van der Waals surface area contributed by atoms with E-state index in [4.69, 9.17) is 16.3 Å². The van der Waals surface area contributed by atoms with Gasteiger partial charge in [-0.1, -0.05) is 48.9 Å². The first-order valence-electron chi connectivity index (χ1n) is 8.13. The molecule has 1 aromatic heterocycles. The fourth-order valence-corrected chi connectivity index (χ4v) is 2.80. The van der Waals surface area contributed by atoms with Crippen LogP contribution in [0.25, 0.3) is 10.9 Å². The Bertz CT molecular complexity index is 868. The molecular formula is C20H19ClN2O2. The molecule has 0 aliphatic rings. The minimum atomic E-state index is -0.165. The van der Waals surface area contributed by atoms with Crippen LogP contribution in [0.4, 0.5) is 0 Å². The summed E-state index contributed by atoms with van der Waals surface area (Å²) in [5.41, 5.74) is 1.84. The fraction of sp³-hybridized carbons (Fsp3) is 0.200. The summed E-state index contributed by atoms with van der Waals surface area (Å²) in [6.45, 7) is 2.58. The lowest BCUT2D eigenvalue weighted by Gasteiger charge is -2.14. The highest BCUT2D eigenvalue weighted by molar-refractivity contribution is 6.35. The van der Waals surface area contributed by atoms with Crippen molar-refractivity contribution in [1.82, 2.24) is 10.3 Å². The Morgan fingerprint density at radius 3 is 2.76 bits per heavy atom. The number of carbonyl (C=O) groups excluding carboxylic acids is 1. The van der Waals surface area contributed by atoms with Gasteiger partial charge in [-0.2, -0.15) is 0 Å². The second-order valence-electron chi connectivity index (χ2n) is 5.85. The molecule has 0 radical (unpaired) electrons. The molecule has 0 saturated carbocycles. The van der Waals surface area contributed by atoms with Gasteiger partial charge in [0.1, 0.15) is 11.3 Å². The van der Waals surface area contributed by atoms with Crippen molar-refractivity contribution in [2.75, 3.05) is 13.2 Å². The average Bonchev–Trinajstić information content (AvgIpc) is 2.66. The number of ether oxygens (including phenoxy) is 1. The number of hydrogen-bond donors (Lipinski definition) is 1. The second-order valence-corrected chi connectivity index (χ2v) is 6.26. The number of nitrogens with zero attached hydrogens (tertiary/aromatic N) is 1. The zero-order valence-electron chi connectivity index (χ0n) is 13.9. The molecule has 0 spiro atoms.